The summed E-state index contributed by atoms with van der Waals surface area (Å²) in [6.45, 7) is 1.80. The molecular weight excluding hydrogens is 226 g/mol. The number of rotatable bonds is 4. The van der Waals surface area contributed by atoms with Gasteiger partial charge >= 0.3 is 0 Å². The number of hydrogen-bond acceptors (Lipinski definition) is 3. The van der Waals surface area contributed by atoms with Crippen LogP contribution in [0.5, 0.6) is 5.75 Å². The van der Waals surface area contributed by atoms with Gasteiger partial charge < -0.3 is 9.84 Å². The van der Waals surface area contributed by atoms with Crippen LogP contribution in [0.15, 0.2) is 48.7 Å². The highest BCUT2D eigenvalue weighted by Gasteiger charge is 2.24. The molecule has 0 bridgehead atoms. The molecule has 0 aliphatic rings. The molecule has 0 amide bonds. The highest BCUT2D eigenvalue weighted by atomic mass is 16.5. The van der Waals surface area contributed by atoms with E-state index in [1.165, 1.54) is 0 Å². The molecule has 0 radical (unpaired) electrons. The first-order valence-corrected chi connectivity index (χ1v) is 5.88. The van der Waals surface area contributed by atoms with E-state index in [1.54, 1.807) is 20.2 Å². The summed E-state index contributed by atoms with van der Waals surface area (Å²) in [7, 11) is 1.63. The molecule has 0 saturated heterocycles. The summed E-state index contributed by atoms with van der Waals surface area (Å²) in [5.74, 6) is 0.785. The van der Waals surface area contributed by atoms with Gasteiger partial charge in [0, 0.05) is 18.3 Å². The van der Waals surface area contributed by atoms with Crippen molar-refractivity contribution in [1.29, 1.82) is 0 Å². The highest BCUT2D eigenvalue weighted by Crippen LogP contribution is 2.26. The first-order valence-electron chi connectivity index (χ1n) is 5.88. The summed E-state index contributed by atoms with van der Waals surface area (Å²) in [6, 6.07) is 13.2. The SMILES string of the molecule is COc1ccc(C(C)(O)Cc2ccccn2)cc1. The summed E-state index contributed by atoms with van der Waals surface area (Å²) >= 11 is 0. The average molecular weight is 243 g/mol. The molecule has 3 nitrogen and oxygen atoms in total. The first kappa shape index (κ1) is 12.6. The molecule has 94 valence electrons. The van der Waals surface area contributed by atoms with Gasteiger partial charge in [-0.3, -0.25) is 4.98 Å². The van der Waals surface area contributed by atoms with E-state index in [0.717, 1.165) is 17.0 Å². The van der Waals surface area contributed by atoms with Gasteiger partial charge in [0.1, 0.15) is 5.75 Å². The fourth-order valence-corrected chi connectivity index (χ4v) is 1.91. The zero-order valence-corrected chi connectivity index (χ0v) is 10.6. The van der Waals surface area contributed by atoms with Gasteiger partial charge in [-0.1, -0.05) is 18.2 Å². The third-order valence-corrected chi connectivity index (χ3v) is 2.96. The molecule has 1 aromatic carbocycles. The number of ether oxygens (including phenoxy) is 1. The molecule has 1 aromatic heterocycles. The molecular formula is C15H17NO2. The Balaban J connectivity index is 2.19. The van der Waals surface area contributed by atoms with E-state index < -0.39 is 5.60 Å². The molecule has 2 rings (SSSR count). The van der Waals surface area contributed by atoms with Gasteiger partial charge in [-0.15, -0.1) is 0 Å². The number of benzene rings is 1. The number of aromatic nitrogens is 1. The van der Waals surface area contributed by atoms with Crippen molar-refractivity contribution in [3.05, 3.63) is 59.9 Å². The minimum Gasteiger partial charge on any atom is -0.497 e. The average Bonchev–Trinajstić information content (AvgIpc) is 2.39. The monoisotopic (exact) mass is 243 g/mol. The molecule has 2 aromatic rings. The molecule has 0 aliphatic heterocycles. The lowest BCUT2D eigenvalue weighted by Crippen LogP contribution is -2.24. The predicted molar refractivity (Wildman–Crippen MR) is 70.5 cm³/mol. The topological polar surface area (TPSA) is 42.4 Å². The van der Waals surface area contributed by atoms with Crippen molar-refractivity contribution >= 4 is 0 Å². The van der Waals surface area contributed by atoms with Gasteiger partial charge in [-0.05, 0) is 36.8 Å². The molecule has 0 spiro atoms. The van der Waals surface area contributed by atoms with Gasteiger partial charge in [-0.2, -0.15) is 0 Å². The smallest absolute Gasteiger partial charge is 0.118 e. The van der Waals surface area contributed by atoms with Crippen molar-refractivity contribution in [2.75, 3.05) is 7.11 Å². The highest BCUT2D eigenvalue weighted by molar-refractivity contribution is 5.31. The number of methoxy groups -OCH3 is 1. The van der Waals surface area contributed by atoms with Crippen molar-refractivity contribution < 1.29 is 9.84 Å². The number of nitrogens with zero attached hydrogens (tertiary/aromatic N) is 1. The van der Waals surface area contributed by atoms with E-state index in [9.17, 15) is 5.11 Å². The lowest BCUT2D eigenvalue weighted by Gasteiger charge is -2.23. The Bertz CT molecular complexity index is 492. The van der Waals surface area contributed by atoms with E-state index in [0.29, 0.717) is 6.42 Å². The van der Waals surface area contributed by atoms with Crippen LogP contribution in [0.25, 0.3) is 0 Å². The summed E-state index contributed by atoms with van der Waals surface area (Å²) in [4.78, 5) is 4.24. The quantitative estimate of drug-likeness (QED) is 0.897. The van der Waals surface area contributed by atoms with Crippen LogP contribution in [0, 0.1) is 0 Å². The summed E-state index contributed by atoms with van der Waals surface area (Å²) in [5.41, 5.74) is 0.799. The third-order valence-electron chi connectivity index (χ3n) is 2.96. The molecule has 0 fully saturated rings. The minimum absolute atomic E-state index is 0.486. The van der Waals surface area contributed by atoms with E-state index in [-0.39, 0.29) is 0 Å². The molecule has 3 heteroatoms. The van der Waals surface area contributed by atoms with Crippen molar-refractivity contribution in [1.82, 2.24) is 4.98 Å². The fraction of sp³-hybridized carbons (Fsp3) is 0.267. The Hall–Kier alpha value is -1.87. The standard InChI is InChI=1S/C15H17NO2/c1-15(17,11-13-5-3-4-10-16-13)12-6-8-14(18-2)9-7-12/h3-10,17H,11H2,1-2H3. The maximum absolute atomic E-state index is 10.5. The lowest BCUT2D eigenvalue weighted by atomic mass is 9.91. The van der Waals surface area contributed by atoms with Crippen molar-refractivity contribution in [2.45, 2.75) is 18.9 Å². The number of aliphatic hydroxyl groups is 1. The predicted octanol–water partition coefficient (Wildman–Crippen LogP) is 2.54. The second kappa shape index (κ2) is 5.19. The van der Waals surface area contributed by atoms with Gasteiger partial charge in [0.2, 0.25) is 0 Å². The largest absolute Gasteiger partial charge is 0.497 e. The zero-order valence-electron chi connectivity index (χ0n) is 10.6. The third kappa shape index (κ3) is 2.87. The maximum Gasteiger partial charge on any atom is 0.118 e. The minimum atomic E-state index is -0.930. The van der Waals surface area contributed by atoms with Crippen molar-refractivity contribution in [3.8, 4) is 5.75 Å². The summed E-state index contributed by atoms with van der Waals surface area (Å²) in [5, 5.41) is 10.5. The fourth-order valence-electron chi connectivity index (χ4n) is 1.91. The normalized spacial score (nSPS) is 13.9. The molecule has 0 saturated carbocycles. The van der Waals surface area contributed by atoms with Gasteiger partial charge in [0.15, 0.2) is 0 Å². The van der Waals surface area contributed by atoms with Crippen LogP contribution in [-0.2, 0) is 12.0 Å². The van der Waals surface area contributed by atoms with E-state index in [1.807, 2.05) is 42.5 Å². The van der Waals surface area contributed by atoms with E-state index in [4.69, 9.17) is 4.74 Å². The molecule has 1 unspecified atom stereocenters. The van der Waals surface area contributed by atoms with Crippen LogP contribution < -0.4 is 4.74 Å². The van der Waals surface area contributed by atoms with Crippen LogP contribution in [0.3, 0.4) is 0 Å². The van der Waals surface area contributed by atoms with Crippen molar-refractivity contribution in [3.63, 3.8) is 0 Å². The second-order valence-electron chi connectivity index (χ2n) is 4.50. The van der Waals surface area contributed by atoms with Crippen LogP contribution >= 0.6 is 0 Å². The van der Waals surface area contributed by atoms with Gasteiger partial charge in [0.25, 0.3) is 0 Å². The van der Waals surface area contributed by atoms with Crippen LogP contribution in [-0.4, -0.2) is 17.2 Å². The van der Waals surface area contributed by atoms with Crippen LogP contribution in [0.2, 0.25) is 0 Å². The second-order valence-corrected chi connectivity index (χ2v) is 4.50. The number of pyridine rings is 1. The van der Waals surface area contributed by atoms with E-state index >= 15 is 0 Å². The van der Waals surface area contributed by atoms with Crippen molar-refractivity contribution in [2.24, 2.45) is 0 Å². The maximum atomic E-state index is 10.5. The number of hydrogen-bond donors (Lipinski definition) is 1. The van der Waals surface area contributed by atoms with Crippen LogP contribution in [0.4, 0.5) is 0 Å². The molecule has 1 N–H and O–H groups in total. The Kier molecular flexibility index (Phi) is 3.63. The molecule has 0 aliphatic carbocycles. The molecule has 18 heavy (non-hydrogen) atoms. The first-order chi connectivity index (χ1) is 8.62. The molecule has 1 heterocycles. The van der Waals surface area contributed by atoms with Gasteiger partial charge in [-0.25, -0.2) is 0 Å². The molecule has 1 atom stereocenters. The zero-order chi connectivity index (χ0) is 13.0. The van der Waals surface area contributed by atoms with Crippen LogP contribution in [0.1, 0.15) is 18.2 Å². The summed E-state index contributed by atoms with van der Waals surface area (Å²) in [6.07, 6.45) is 2.22. The Morgan fingerprint density at radius 3 is 2.44 bits per heavy atom. The Labute approximate surface area is 107 Å². The Morgan fingerprint density at radius 2 is 1.89 bits per heavy atom. The van der Waals surface area contributed by atoms with E-state index in [2.05, 4.69) is 4.98 Å². The lowest BCUT2D eigenvalue weighted by molar-refractivity contribution is 0.0565. The van der Waals surface area contributed by atoms with Gasteiger partial charge in [0.05, 0.1) is 12.7 Å². The Morgan fingerprint density at radius 1 is 1.17 bits per heavy atom. The summed E-state index contributed by atoms with van der Waals surface area (Å²) < 4.78 is 5.11.